The fraction of sp³-hybridized carbons (Fsp3) is 0.250. The zero-order valence-corrected chi connectivity index (χ0v) is 12.4. The molecule has 0 aliphatic carbocycles. The van der Waals surface area contributed by atoms with Crippen molar-refractivity contribution in [3.8, 4) is 6.07 Å². The van der Waals surface area contributed by atoms with Crippen LogP contribution in [0.1, 0.15) is 6.42 Å². The fourth-order valence-electron chi connectivity index (χ4n) is 1.93. The Morgan fingerprint density at radius 1 is 1.00 bits per heavy atom. The number of hydrogen-bond acceptors (Lipinski definition) is 6. The van der Waals surface area contributed by atoms with E-state index in [2.05, 4.69) is 0 Å². The number of allylic oxidation sites excluding steroid dienone is 1. The molecule has 0 bridgehead atoms. The van der Waals surface area contributed by atoms with E-state index in [-0.39, 0.29) is 21.7 Å². The summed E-state index contributed by atoms with van der Waals surface area (Å²) in [4.78, 5) is 44.7. The monoisotopic (exact) mass is 338 g/mol. The summed E-state index contributed by atoms with van der Waals surface area (Å²) >= 11 is 0. The van der Waals surface area contributed by atoms with Gasteiger partial charge in [-0.2, -0.15) is 5.26 Å². The molecule has 0 aromatic rings. The summed E-state index contributed by atoms with van der Waals surface area (Å²) < 4.78 is 0. The molecular formula is C12H10N2O8Si. The summed E-state index contributed by atoms with van der Waals surface area (Å²) in [5.74, 6) is -5.54. The van der Waals surface area contributed by atoms with Gasteiger partial charge in [-0.15, -0.1) is 0 Å². The number of carboxylic acids is 4. The van der Waals surface area contributed by atoms with Crippen molar-refractivity contribution in [2.24, 2.45) is 0 Å². The summed E-state index contributed by atoms with van der Waals surface area (Å²) in [6, 6.07) is 1.66. The first-order chi connectivity index (χ1) is 10.7. The SMILES string of the molecule is N#CC1=C(N(CC(=O)O)CC(=O)O)[Si]C(C(=O)O)=C1CC(=O)O. The van der Waals surface area contributed by atoms with Gasteiger partial charge in [-0.05, 0) is 5.57 Å². The van der Waals surface area contributed by atoms with Crippen LogP contribution in [-0.2, 0) is 19.2 Å². The van der Waals surface area contributed by atoms with Gasteiger partial charge in [-0.1, -0.05) is 0 Å². The molecule has 0 atom stereocenters. The lowest BCUT2D eigenvalue weighted by molar-refractivity contribution is -0.141. The first-order valence-electron chi connectivity index (χ1n) is 5.95. The Hall–Kier alpha value is -3.13. The molecular weight excluding hydrogens is 328 g/mol. The van der Waals surface area contributed by atoms with Crippen LogP contribution in [0.25, 0.3) is 0 Å². The molecule has 1 rings (SSSR count). The fourth-order valence-corrected chi connectivity index (χ4v) is 3.29. The highest BCUT2D eigenvalue weighted by molar-refractivity contribution is 6.62. The van der Waals surface area contributed by atoms with Crippen molar-refractivity contribution in [3.05, 3.63) is 21.7 Å². The Morgan fingerprint density at radius 2 is 1.52 bits per heavy atom. The quantitative estimate of drug-likeness (QED) is 0.390. The third-order valence-electron chi connectivity index (χ3n) is 2.71. The van der Waals surface area contributed by atoms with Gasteiger partial charge < -0.3 is 25.3 Å². The lowest BCUT2D eigenvalue weighted by Gasteiger charge is -2.22. The second-order valence-electron chi connectivity index (χ2n) is 4.33. The van der Waals surface area contributed by atoms with Crippen LogP contribution in [0.15, 0.2) is 21.7 Å². The van der Waals surface area contributed by atoms with Crippen LogP contribution in [-0.4, -0.2) is 71.8 Å². The van der Waals surface area contributed by atoms with Gasteiger partial charge in [-0.25, -0.2) is 4.79 Å². The first-order valence-corrected chi connectivity index (χ1v) is 6.95. The molecule has 0 unspecified atom stereocenters. The Labute approximate surface area is 131 Å². The van der Waals surface area contributed by atoms with E-state index in [1.165, 1.54) is 0 Å². The number of carboxylic acid groups (broad SMARTS) is 4. The number of nitrogens with zero attached hydrogens (tertiary/aromatic N) is 2. The maximum atomic E-state index is 11.2. The number of nitriles is 1. The minimum Gasteiger partial charge on any atom is -0.481 e. The number of rotatable bonds is 8. The van der Waals surface area contributed by atoms with Gasteiger partial charge >= 0.3 is 23.9 Å². The Morgan fingerprint density at radius 3 is 1.87 bits per heavy atom. The van der Waals surface area contributed by atoms with E-state index < -0.39 is 52.9 Å². The van der Waals surface area contributed by atoms with E-state index in [0.717, 1.165) is 4.90 Å². The van der Waals surface area contributed by atoms with E-state index >= 15 is 0 Å². The molecule has 0 spiro atoms. The minimum absolute atomic E-state index is 0.0917. The molecule has 1 heterocycles. The van der Waals surface area contributed by atoms with E-state index in [1.807, 2.05) is 0 Å². The Balaban J connectivity index is 3.35. The summed E-state index contributed by atoms with van der Waals surface area (Å²) in [6.45, 7) is -1.51. The van der Waals surface area contributed by atoms with Gasteiger partial charge in [0, 0.05) is 10.5 Å². The van der Waals surface area contributed by atoms with Crippen molar-refractivity contribution in [2.45, 2.75) is 6.42 Å². The number of aliphatic carboxylic acids is 4. The van der Waals surface area contributed by atoms with Gasteiger partial charge in [-0.3, -0.25) is 14.4 Å². The second kappa shape index (κ2) is 7.23. The molecule has 2 radical (unpaired) electrons. The van der Waals surface area contributed by atoms with Crippen molar-refractivity contribution >= 4 is 33.4 Å². The van der Waals surface area contributed by atoms with Gasteiger partial charge in [0.15, 0.2) is 9.52 Å². The van der Waals surface area contributed by atoms with Crippen molar-refractivity contribution < 1.29 is 39.6 Å². The standard InChI is InChI=1S/C12H10N2O8Si/c13-2-6-5(1-7(15)16)10(12(21)22)23-11(6)14(3-8(17)18)4-9(19)20/h1,3-4H2,(H,15,16)(H,17,18)(H,19,20)(H,21,22). The summed E-state index contributed by atoms with van der Waals surface area (Å²) in [7, 11) is -0.709. The molecule has 0 fully saturated rings. The molecule has 0 aromatic carbocycles. The molecule has 11 heteroatoms. The molecule has 1 aliphatic heterocycles. The van der Waals surface area contributed by atoms with Gasteiger partial charge in [0.2, 0.25) is 0 Å². The van der Waals surface area contributed by atoms with Crippen molar-refractivity contribution in [1.82, 2.24) is 4.90 Å². The number of hydrogen-bond donors (Lipinski definition) is 4. The van der Waals surface area contributed by atoms with E-state index in [1.54, 1.807) is 6.07 Å². The van der Waals surface area contributed by atoms with Crippen LogP contribution in [0.2, 0.25) is 0 Å². The molecule has 0 aromatic heterocycles. The number of carbonyl (C=O) groups is 4. The minimum atomic E-state index is -1.44. The molecule has 120 valence electrons. The predicted octanol–water partition coefficient (Wildman–Crippen LogP) is -1.28. The maximum Gasteiger partial charge on any atom is 0.327 e. The zero-order valence-electron chi connectivity index (χ0n) is 11.4. The van der Waals surface area contributed by atoms with Crippen LogP contribution < -0.4 is 0 Å². The van der Waals surface area contributed by atoms with E-state index in [4.69, 9.17) is 20.4 Å². The topological polar surface area (TPSA) is 176 Å². The van der Waals surface area contributed by atoms with Crippen LogP contribution in [0.4, 0.5) is 0 Å². The lowest BCUT2D eigenvalue weighted by Crippen LogP contribution is -2.36. The molecule has 10 nitrogen and oxygen atoms in total. The van der Waals surface area contributed by atoms with Gasteiger partial charge in [0.25, 0.3) is 0 Å². The van der Waals surface area contributed by atoms with Gasteiger partial charge in [0.1, 0.15) is 19.2 Å². The highest BCUT2D eigenvalue weighted by Crippen LogP contribution is 2.31. The maximum absolute atomic E-state index is 11.2. The first kappa shape index (κ1) is 17.9. The predicted molar refractivity (Wildman–Crippen MR) is 72.2 cm³/mol. The average molecular weight is 338 g/mol. The smallest absolute Gasteiger partial charge is 0.327 e. The van der Waals surface area contributed by atoms with Crippen LogP contribution in [0, 0.1) is 11.3 Å². The van der Waals surface area contributed by atoms with E-state index in [0.29, 0.717) is 0 Å². The molecule has 0 saturated heterocycles. The molecule has 0 amide bonds. The highest BCUT2D eigenvalue weighted by atomic mass is 28.2. The normalized spacial score (nSPS) is 13.7. The Kier molecular flexibility index (Phi) is 5.63. The average Bonchev–Trinajstić information content (AvgIpc) is 2.74. The second-order valence-corrected chi connectivity index (χ2v) is 5.56. The third kappa shape index (κ3) is 4.42. The van der Waals surface area contributed by atoms with Crippen molar-refractivity contribution in [3.63, 3.8) is 0 Å². The van der Waals surface area contributed by atoms with Crippen LogP contribution >= 0.6 is 0 Å². The zero-order chi connectivity index (χ0) is 17.7. The summed E-state index contributed by atoms with van der Waals surface area (Å²) in [6.07, 6.45) is -0.727. The van der Waals surface area contributed by atoms with Crippen molar-refractivity contribution in [2.75, 3.05) is 13.1 Å². The highest BCUT2D eigenvalue weighted by Gasteiger charge is 2.34. The van der Waals surface area contributed by atoms with Crippen LogP contribution in [0.3, 0.4) is 0 Å². The Bertz CT molecular complexity index is 672. The largest absolute Gasteiger partial charge is 0.481 e. The van der Waals surface area contributed by atoms with E-state index in [9.17, 15) is 24.4 Å². The third-order valence-corrected chi connectivity index (χ3v) is 4.27. The molecule has 1 aliphatic rings. The van der Waals surface area contributed by atoms with Crippen molar-refractivity contribution in [1.29, 1.82) is 5.26 Å². The van der Waals surface area contributed by atoms with Crippen LogP contribution in [0.5, 0.6) is 0 Å². The lowest BCUT2D eigenvalue weighted by atomic mass is 10.0. The molecule has 23 heavy (non-hydrogen) atoms. The van der Waals surface area contributed by atoms with Gasteiger partial charge in [0.05, 0.1) is 12.0 Å². The summed E-state index contributed by atoms with van der Waals surface area (Å²) in [5, 5.41) is 44.4. The molecule has 4 N–H and O–H groups in total. The summed E-state index contributed by atoms with van der Waals surface area (Å²) in [5.41, 5.74) is -0.535. The molecule has 0 saturated carbocycles.